The van der Waals surface area contributed by atoms with Gasteiger partial charge in [0.15, 0.2) is 17.8 Å². The summed E-state index contributed by atoms with van der Waals surface area (Å²) in [6, 6.07) is 27.0. The molecule has 2 N–H and O–H groups in total. The summed E-state index contributed by atoms with van der Waals surface area (Å²) >= 11 is 0. The first kappa shape index (κ1) is 36.1. The highest BCUT2D eigenvalue weighted by molar-refractivity contribution is 6.22. The maximum atomic E-state index is 13.3. The van der Waals surface area contributed by atoms with Crippen molar-refractivity contribution in [2.24, 2.45) is 0 Å². The topological polar surface area (TPSA) is 136 Å². The molecule has 0 spiro atoms. The Kier molecular flexibility index (Phi) is 11.0. The quantitative estimate of drug-likeness (QED) is 0.195. The molecule has 53 heavy (non-hydrogen) atoms. The van der Waals surface area contributed by atoms with E-state index in [1.807, 2.05) is 60.7 Å². The summed E-state index contributed by atoms with van der Waals surface area (Å²) in [5.74, 6) is 0.475. The third-order valence-corrected chi connectivity index (χ3v) is 9.95. The minimum atomic E-state index is -1.03. The number of nitrogens with one attached hydrogen (secondary N) is 1. The van der Waals surface area contributed by atoms with E-state index >= 15 is 0 Å². The van der Waals surface area contributed by atoms with Crippen molar-refractivity contribution in [1.29, 1.82) is 0 Å². The van der Waals surface area contributed by atoms with Crippen molar-refractivity contribution in [2.45, 2.75) is 63.6 Å². The summed E-state index contributed by atoms with van der Waals surface area (Å²) in [5, 5.41) is 12.1. The van der Waals surface area contributed by atoms with Crippen LogP contribution in [-0.4, -0.2) is 67.4 Å². The molecule has 3 aliphatic heterocycles. The molecule has 4 atom stereocenters. The molecular weight excluding hydrogens is 678 g/mol. The number of nitrogens with zero attached hydrogens (tertiary/aromatic N) is 2. The molecule has 0 bridgehead atoms. The van der Waals surface area contributed by atoms with Crippen molar-refractivity contribution in [3.63, 3.8) is 0 Å². The van der Waals surface area contributed by atoms with Crippen molar-refractivity contribution in [3.05, 3.63) is 124 Å². The van der Waals surface area contributed by atoms with Crippen LogP contribution in [0.5, 0.6) is 11.5 Å². The van der Waals surface area contributed by atoms with E-state index in [0.717, 1.165) is 52.4 Å². The van der Waals surface area contributed by atoms with E-state index in [0.29, 0.717) is 24.4 Å². The maximum Gasteiger partial charge on any atom is 0.408 e. The van der Waals surface area contributed by atoms with Crippen molar-refractivity contribution < 1.29 is 43.2 Å². The van der Waals surface area contributed by atoms with Crippen LogP contribution in [0.2, 0.25) is 0 Å². The second kappa shape index (κ2) is 16.2. The van der Waals surface area contributed by atoms with Gasteiger partial charge in [-0.3, -0.25) is 14.5 Å². The lowest BCUT2D eigenvalue weighted by atomic mass is 9.97. The van der Waals surface area contributed by atoms with Gasteiger partial charge in [-0.05, 0) is 58.5 Å². The number of aliphatic hydroxyl groups excluding tert-OH is 1. The molecule has 12 heteroatoms. The average Bonchev–Trinajstić information content (AvgIpc) is 3.47. The average molecular weight is 722 g/mol. The van der Waals surface area contributed by atoms with Crippen molar-refractivity contribution in [1.82, 2.24) is 10.2 Å². The van der Waals surface area contributed by atoms with Gasteiger partial charge >= 0.3 is 6.09 Å². The monoisotopic (exact) mass is 721 g/mol. The van der Waals surface area contributed by atoms with E-state index in [2.05, 4.69) is 16.3 Å². The van der Waals surface area contributed by atoms with Crippen LogP contribution in [0.15, 0.2) is 91.0 Å². The van der Waals surface area contributed by atoms with Crippen LogP contribution in [0.1, 0.15) is 58.6 Å². The van der Waals surface area contributed by atoms with Gasteiger partial charge in [-0.25, -0.2) is 9.69 Å². The number of ether oxygens (including phenoxy) is 5. The van der Waals surface area contributed by atoms with Gasteiger partial charge in [0.25, 0.3) is 5.91 Å². The predicted molar refractivity (Wildman–Crippen MR) is 194 cm³/mol. The summed E-state index contributed by atoms with van der Waals surface area (Å²) in [6.07, 6.45) is -0.611. The number of alkyl carbamates (subject to hydrolysis) is 1. The number of carbonyl (C=O) groups excluding carboxylic acids is 3. The van der Waals surface area contributed by atoms with E-state index in [4.69, 9.17) is 23.7 Å². The smallest absolute Gasteiger partial charge is 0.408 e. The Morgan fingerprint density at radius 2 is 1.57 bits per heavy atom. The van der Waals surface area contributed by atoms with Gasteiger partial charge in [-0.15, -0.1) is 0 Å². The third kappa shape index (κ3) is 8.21. The standard InChI is InChI=1S/C41H43N3O9/c1-49-36-18-30-16-17-43(22-31(30)19-37(36)50-2)23-33-20-35(28-10-8-26(24-45)9-11-28)53-40(52-33)29-12-14-32(15-13-29)44-38(46)21-34(39(44)47)42-41(48)51-25-27-6-4-3-5-7-27/h3-15,18-19,33-35,40,45H,16-17,20-25H2,1-2H3,(H,42,48)/t33-,34?,35+,40+/m0/s1. The van der Waals surface area contributed by atoms with Crippen molar-refractivity contribution >= 4 is 23.6 Å². The minimum absolute atomic E-state index is 0.0449. The fraction of sp³-hybridized carbons (Fsp3) is 0.341. The summed E-state index contributed by atoms with van der Waals surface area (Å²) in [6.45, 7) is 2.28. The first-order valence-corrected chi connectivity index (χ1v) is 17.7. The number of imide groups is 1. The molecule has 276 valence electrons. The lowest BCUT2D eigenvalue weighted by molar-refractivity contribution is -0.253. The van der Waals surface area contributed by atoms with E-state index in [1.54, 1.807) is 38.5 Å². The Hall–Kier alpha value is -5.27. The Morgan fingerprint density at radius 1 is 0.868 bits per heavy atom. The molecule has 2 fully saturated rings. The van der Waals surface area contributed by atoms with Crippen LogP contribution >= 0.6 is 0 Å². The van der Waals surface area contributed by atoms with Crippen LogP contribution in [0, 0.1) is 0 Å². The summed E-state index contributed by atoms with van der Waals surface area (Å²) in [5.41, 5.74) is 6.15. The van der Waals surface area contributed by atoms with Gasteiger partial charge < -0.3 is 34.1 Å². The van der Waals surface area contributed by atoms with Gasteiger partial charge in [0, 0.05) is 31.6 Å². The number of aliphatic hydroxyl groups is 1. The Morgan fingerprint density at radius 3 is 2.26 bits per heavy atom. The highest BCUT2D eigenvalue weighted by Crippen LogP contribution is 2.40. The Balaban J connectivity index is 1.04. The van der Waals surface area contributed by atoms with Gasteiger partial charge in [-0.2, -0.15) is 0 Å². The van der Waals surface area contributed by atoms with Gasteiger partial charge in [0.05, 0.1) is 45.1 Å². The van der Waals surface area contributed by atoms with Gasteiger partial charge in [0.1, 0.15) is 12.6 Å². The minimum Gasteiger partial charge on any atom is -0.493 e. The van der Waals surface area contributed by atoms with Crippen LogP contribution in [0.25, 0.3) is 0 Å². The number of rotatable bonds is 11. The molecule has 0 radical (unpaired) electrons. The molecule has 1 unspecified atom stereocenters. The second-order valence-electron chi connectivity index (χ2n) is 13.4. The zero-order valence-electron chi connectivity index (χ0n) is 29.7. The van der Waals surface area contributed by atoms with E-state index < -0.39 is 30.2 Å². The fourth-order valence-electron chi connectivity index (χ4n) is 7.12. The number of methoxy groups -OCH3 is 2. The second-order valence-corrected chi connectivity index (χ2v) is 13.4. The molecule has 0 saturated carbocycles. The summed E-state index contributed by atoms with van der Waals surface area (Å²) in [7, 11) is 3.29. The number of amides is 3. The largest absolute Gasteiger partial charge is 0.493 e. The maximum absolute atomic E-state index is 13.3. The highest BCUT2D eigenvalue weighted by Gasteiger charge is 2.41. The molecule has 7 rings (SSSR count). The first-order valence-electron chi connectivity index (χ1n) is 17.7. The van der Waals surface area contributed by atoms with Gasteiger partial charge in [0.2, 0.25) is 5.91 Å². The molecular formula is C41H43N3O9. The predicted octanol–water partition coefficient (Wildman–Crippen LogP) is 5.36. The number of fused-ring (bicyclic) bond motifs is 1. The van der Waals surface area contributed by atoms with Crippen molar-refractivity contribution in [2.75, 3.05) is 32.2 Å². The lowest BCUT2D eigenvalue weighted by Crippen LogP contribution is -2.42. The Bertz CT molecular complexity index is 1920. The molecule has 3 heterocycles. The molecule has 4 aromatic rings. The lowest BCUT2D eigenvalue weighted by Gasteiger charge is -2.39. The summed E-state index contributed by atoms with van der Waals surface area (Å²) < 4.78 is 29.5. The van der Waals surface area contributed by atoms with Crippen LogP contribution < -0.4 is 19.7 Å². The van der Waals surface area contributed by atoms with Crippen LogP contribution in [-0.2, 0) is 50.0 Å². The third-order valence-electron chi connectivity index (χ3n) is 9.95. The molecule has 3 aliphatic rings. The molecule has 3 amide bonds. The first-order chi connectivity index (χ1) is 25.8. The zero-order chi connectivity index (χ0) is 36.9. The molecule has 4 aromatic carbocycles. The summed E-state index contributed by atoms with van der Waals surface area (Å²) in [4.78, 5) is 42.2. The highest BCUT2D eigenvalue weighted by atomic mass is 16.7. The molecule has 2 saturated heterocycles. The van der Waals surface area contributed by atoms with Crippen LogP contribution in [0.4, 0.5) is 10.5 Å². The van der Waals surface area contributed by atoms with E-state index in [-0.39, 0.29) is 31.8 Å². The Labute approximate surface area is 308 Å². The number of anilines is 1. The molecule has 0 aromatic heterocycles. The van der Waals surface area contributed by atoms with Crippen molar-refractivity contribution in [3.8, 4) is 11.5 Å². The number of hydrogen-bond acceptors (Lipinski definition) is 10. The number of benzene rings is 4. The molecule has 0 aliphatic carbocycles. The number of hydrogen-bond donors (Lipinski definition) is 2. The SMILES string of the molecule is COc1cc2c(cc1OC)CN(C[C@@H]1C[C@H](c3ccc(CO)cc3)O[C@H](c3ccc(N4C(=O)CC(NC(=O)OCc5ccccc5)C4=O)cc3)O1)CC2. The fourth-order valence-corrected chi connectivity index (χ4v) is 7.12. The number of carbonyl (C=O) groups is 3. The van der Waals surface area contributed by atoms with E-state index in [1.165, 1.54) is 11.1 Å². The van der Waals surface area contributed by atoms with Crippen LogP contribution in [0.3, 0.4) is 0 Å². The van der Waals surface area contributed by atoms with E-state index in [9.17, 15) is 19.5 Å². The zero-order valence-corrected chi connectivity index (χ0v) is 29.7. The molecule has 12 nitrogen and oxygen atoms in total. The van der Waals surface area contributed by atoms with Gasteiger partial charge in [-0.1, -0.05) is 66.7 Å². The normalized spacial score (nSPS) is 21.6.